The summed E-state index contributed by atoms with van der Waals surface area (Å²) >= 11 is 0. The fourth-order valence-electron chi connectivity index (χ4n) is 7.64. The second-order valence-electron chi connectivity index (χ2n) is 12.8. The number of fused-ring (bicyclic) bond motifs is 10. The van der Waals surface area contributed by atoms with Crippen molar-refractivity contribution in [1.82, 2.24) is 19.5 Å². The summed E-state index contributed by atoms with van der Waals surface area (Å²) in [7, 11) is 0. The van der Waals surface area contributed by atoms with Crippen molar-refractivity contribution in [3.63, 3.8) is 0 Å². The van der Waals surface area contributed by atoms with E-state index in [1.54, 1.807) is 0 Å². The topological polar surface area (TPSA) is 69.9 Å². The van der Waals surface area contributed by atoms with Crippen molar-refractivity contribution < 1.29 is 8.83 Å². The van der Waals surface area contributed by atoms with Gasteiger partial charge in [0.25, 0.3) is 0 Å². The number of hydrogen-bond acceptors (Lipinski definition) is 5. The van der Waals surface area contributed by atoms with E-state index in [9.17, 15) is 0 Å². The highest BCUT2D eigenvalue weighted by Crippen LogP contribution is 2.42. The first kappa shape index (κ1) is 27.9. The number of rotatable bonds is 4. The molecule has 0 amide bonds. The Morgan fingerprint density at radius 1 is 0.373 bits per heavy atom. The predicted octanol–water partition coefficient (Wildman–Crippen LogP) is 11.8. The minimum Gasteiger partial charge on any atom is -0.456 e. The number of hydrogen-bond donors (Lipinski definition) is 0. The molecule has 0 atom stereocenters. The molecule has 238 valence electrons. The summed E-state index contributed by atoms with van der Waals surface area (Å²) in [6.45, 7) is 0. The Labute approximate surface area is 290 Å². The number of para-hydroxylation sites is 3. The van der Waals surface area contributed by atoms with E-state index in [0.717, 1.165) is 77.3 Å². The third-order valence-electron chi connectivity index (χ3n) is 9.85. The standard InChI is InChI=1S/C45H26N4O2/c1-2-12-27(13-3-1)43-46-44(48-45(47-43)33-19-11-23-38-40(33)31-17-5-8-21-36(31)50-38)28-14-10-15-29(26-28)49-34-20-7-4-16-30(34)41-35(49)24-25-39-42(41)32-18-6-9-22-37(32)51-39/h1-26H. The van der Waals surface area contributed by atoms with E-state index >= 15 is 0 Å². The average molecular weight is 655 g/mol. The van der Waals surface area contributed by atoms with Gasteiger partial charge in [-0.15, -0.1) is 0 Å². The number of furan rings is 2. The zero-order valence-electron chi connectivity index (χ0n) is 27.1. The highest BCUT2D eigenvalue weighted by atomic mass is 16.3. The highest BCUT2D eigenvalue weighted by molar-refractivity contribution is 6.27. The van der Waals surface area contributed by atoms with Crippen LogP contribution in [0.1, 0.15) is 0 Å². The predicted molar refractivity (Wildman–Crippen MR) is 205 cm³/mol. The minimum absolute atomic E-state index is 0.590. The molecule has 0 fully saturated rings. The highest BCUT2D eigenvalue weighted by Gasteiger charge is 2.21. The fourth-order valence-corrected chi connectivity index (χ4v) is 7.64. The second-order valence-corrected chi connectivity index (χ2v) is 12.8. The van der Waals surface area contributed by atoms with Crippen LogP contribution in [0.5, 0.6) is 0 Å². The van der Waals surface area contributed by atoms with Crippen LogP contribution < -0.4 is 0 Å². The maximum Gasteiger partial charge on any atom is 0.164 e. The summed E-state index contributed by atoms with van der Waals surface area (Å²) in [5.74, 6) is 1.79. The molecular weight excluding hydrogens is 629 g/mol. The Hall–Kier alpha value is -7.05. The summed E-state index contributed by atoms with van der Waals surface area (Å²) in [5.41, 5.74) is 9.33. The van der Waals surface area contributed by atoms with Crippen LogP contribution in [0, 0.1) is 0 Å². The lowest BCUT2D eigenvalue weighted by Crippen LogP contribution is -2.01. The van der Waals surface area contributed by atoms with Gasteiger partial charge in [-0.1, -0.05) is 109 Å². The van der Waals surface area contributed by atoms with E-state index in [4.69, 9.17) is 23.8 Å². The van der Waals surface area contributed by atoms with Gasteiger partial charge in [-0.3, -0.25) is 0 Å². The van der Waals surface area contributed by atoms with Crippen LogP contribution in [-0.2, 0) is 0 Å². The molecule has 11 rings (SSSR count). The molecule has 0 saturated heterocycles. The first-order valence-corrected chi connectivity index (χ1v) is 16.9. The summed E-state index contributed by atoms with van der Waals surface area (Å²) in [4.78, 5) is 15.3. The lowest BCUT2D eigenvalue weighted by atomic mass is 10.1. The van der Waals surface area contributed by atoms with E-state index < -0.39 is 0 Å². The van der Waals surface area contributed by atoms with Crippen LogP contribution >= 0.6 is 0 Å². The number of nitrogens with zero attached hydrogens (tertiary/aromatic N) is 4. The van der Waals surface area contributed by atoms with Crippen molar-refractivity contribution >= 4 is 65.7 Å². The quantitative estimate of drug-likeness (QED) is 0.189. The largest absolute Gasteiger partial charge is 0.456 e. The maximum atomic E-state index is 6.30. The molecular formula is C45H26N4O2. The van der Waals surface area contributed by atoms with E-state index in [0.29, 0.717) is 17.5 Å². The average Bonchev–Trinajstić information content (AvgIpc) is 3.87. The Kier molecular flexibility index (Phi) is 5.86. The van der Waals surface area contributed by atoms with Crippen molar-refractivity contribution in [2.75, 3.05) is 0 Å². The molecule has 0 aliphatic heterocycles. The van der Waals surface area contributed by atoms with Gasteiger partial charge >= 0.3 is 0 Å². The fraction of sp³-hybridized carbons (Fsp3) is 0. The minimum atomic E-state index is 0.590. The third-order valence-corrected chi connectivity index (χ3v) is 9.85. The molecule has 0 N–H and O–H groups in total. The Balaban J connectivity index is 1.15. The van der Waals surface area contributed by atoms with Crippen molar-refractivity contribution in [2.45, 2.75) is 0 Å². The Bertz CT molecular complexity index is 3150. The van der Waals surface area contributed by atoms with Crippen LogP contribution in [0.15, 0.2) is 167 Å². The maximum absolute atomic E-state index is 6.30. The molecule has 6 heteroatoms. The zero-order valence-corrected chi connectivity index (χ0v) is 27.1. The van der Waals surface area contributed by atoms with Gasteiger partial charge < -0.3 is 13.4 Å². The molecule has 7 aromatic carbocycles. The summed E-state index contributed by atoms with van der Waals surface area (Å²) in [6.07, 6.45) is 0. The van der Waals surface area contributed by atoms with Crippen molar-refractivity contribution in [3.8, 4) is 39.9 Å². The van der Waals surface area contributed by atoms with Crippen molar-refractivity contribution in [3.05, 3.63) is 158 Å². The lowest BCUT2D eigenvalue weighted by molar-refractivity contribution is 0.668. The third kappa shape index (κ3) is 4.20. The van der Waals surface area contributed by atoms with Gasteiger partial charge in [0.05, 0.1) is 11.0 Å². The monoisotopic (exact) mass is 654 g/mol. The van der Waals surface area contributed by atoms with E-state index in [2.05, 4.69) is 89.5 Å². The molecule has 4 aromatic heterocycles. The number of benzene rings is 7. The van der Waals surface area contributed by atoms with Crippen LogP contribution in [0.4, 0.5) is 0 Å². The summed E-state index contributed by atoms with van der Waals surface area (Å²) in [5, 5.41) is 6.60. The lowest BCUT2D eigenvalue weighted by Gasteiger charge is -2.12. The molecule has 0 bridgehead atoms. The van der Waals surface area contributed by atoms with Gasteiger partial charge in [0.2, 0.25) is 0 Å². The van der Waals surface area contributed by atoms with Crippen molar-refractivity contribution in [2.24, 2.45) is 0 Å². The van der Waals surface area contributed by atoms with Gasteiger partial charge in [0.1, 0.15) is 22.3 Å². The molecule has 0 aliphatic rings. The van der Waals surface area contributed by atoms with Gasteiger partial charge in [0, 0.05) is 54.7 Å². The molecule has 0 unspecified atom stereocenters. The zero-order chi connectivity index (χ0) is 33.5. The molecule has 0 spiro atoms. The SMILES string of the molecule is c1ccc(-c2nc(-c3cccc(-n4c5ccccc5c5c6c(ccc54)oc4ccccc46)c3)nc(-c3cccc4oc5ccccc5c34)n2)cc1. The Morgan fingerprint density at radius 3 is 1.76 bits per heavy atom. The smallest absolute Gasteiger partial charge is 0.164 e. The van der Waals surface area contributed by atoms with Crippen LogP contribution in [0.3, 0.4) is 0 Å². The second kappa shape index (κ2) is 10.7. The summed E-state index contributed by atoms with van der Waals surface area (Å²) < 4.78 is 14.9. The van der Waals surface area contributed by atoms with E-state index in [1.165, 1.54) is 10.8 Å². The number of aromatic nitrogens is 4. The van der Waals surface area contributed by atoms with E-state index in [-0.39, 0.29) is 0 Å². The van der Waals surface area contributed by atoms with Crippen LogP contribution in [-0.4, -0.2) is 19.5 Å². The van der Waals surface area contributed by atoms with Gasteiger partial charge in [0.15, 0.2) is 17.5 Å². The molecule has 0 radical (unpaired) electrons. The normalized spacial score (nSPS) is 11.9. The van der Waals surface area contributed by atoms with Crippen LogP contribution in [0.25, 0.3) is 106 Å². The molecule has 4 heterocycles. The van der Waals surface area contributed by atoms with Gasteiger partial charge in [-0.05, 0) is 48.5 Å². The molecule has 51 heavy (non-hydrogen) atoms. The first-order chi connectivity index (χ1) is 25.3. The molecule has 6 nitrogen and oxygen atoms in total. The van der Waals surface area contributed by atoms with Gasteiger partial charge in [-0.2, -0.15) is 0 Å². The van der Waals surface area contributed by atoms with Gasteiger partial charge in [-0.25, -0.2) is 15.0 Å². The molecule has 0 aliphatic carbocycles. The molecule has 11 aromatic rings. The summed E-state index contributed by atoms with van der Waals surface area (Å²) in [6, 6.07) is 53.8. The first-order valence-electron chi connectivity index (χ1n) is 16.9. The van der Waals surface area contributed by atoms with E-state index in [1.807, 2.05) is 72.8 Å². The van der Waals surface area contributed by atoms with Crippen LogP contribution in [0.2, 0.25) is 0 Å². The molecule has 0 saturated carbocycles. The Morgan fingerprint density at radius 2 is 0.961 bits per heavy atom. The van der Waals surface area contributed by atoms with Crippen molar-refractivity contribution in [1.29, 1.82) is 0 Å².